The number of fused-ring (bicyclic) bond motifs is 1. The molecule has 1 heteroatoms. The molecule has 0 fully saturated rings. The van der Waals surface area contributed by atoms with E-state index >= 15 is 0 Å². The molecule has 0 radical (unpaired) electrons. The Morgan fingerprint density at radius 3 is 1.34 bits per heavy atom. The topological polar surface area (TPSA) is 0 Å². The predicted octanol–water partition coefficient (Wildman–Crippen LogP) is 9.01. The van der Waals surface area contributed by atoms with Gasteiger partial charge in [0.1, 0.15) is 0 Å². The molecular formula is C34H40Ti. The van der Waals surface area contributed by atoms with Crippen LogP contribution < -0.4 is 0 Å². The van der Waals surface area contributed by atoms with Gasteiger partial charge in [-0.1, -0.05) is 70.6 Å². The smallest absolute Gasteiger partial charge is 0.199 e. The van der Waals surface area contributed by atoms with Crippen molar-refractivity contribution in [3.05, 3.63) is 157 Å². The van der Waals surface area contributed by atoms with Gasteiger partial charge in [0.05, 0.1) is 0 Å². The molecule has 0 nitrogen and oxygen atoms in total. The largest absolute Gasteiger partial charge is 4.00 e. The van der Waals surface area contributed by atoms with Gasteiger partial charge in [-0.05, 0) is 0 Å². The van der Waals surface area contributed by atoms with Crippen molar-refractivity contribution in [3.8, 4) is 0 Å². The van der Waals surface area contributed by atoms with Gasteiger partial charge >= 0.3 is 21.7 Å². The second-order valence-corrected chi connectivity index (χ2v) is 8.52. The fourth-order valence-corrected chi connectivity index (χ4v) is 4.06. The third kappa shape index (κ3) is 11.5. The van der Waals surface area contributed by atoms with E-state index in [9.17, 15) is 0 Å². The van der Waals surface area contributed by atoms with Crippen molar-refractivity contribution in [1.82, 2.24) is 0 Å². The van der Waals surface area contributed by atoms with E-state index in [4.69, 9.17) is 0 Å². The first-order valence-corrected chi connectivity index (χ1v) is 12.4. The van der Waals surface area contributed by atoms with Crippen molar-refractivity contribution in [2.45, 2.75) is 52.4 Å². The summed E-state index contributed by atoms with van der Waals surface area (Å²) in [5.74, 6) is 0. The molecule has 0 amide bonds. The van der Waals surface area contributed by atoms with Crippen LogP contribution in [0.15, 0.2) is 97.1 Å². The minimum atomic E-state index is 0. The van der Waals surface area contributed by atoms with E-state index in [1.807, 2.05) is 91.0 Å². The molecule has 0 aromatic heterocycles. The van der Waals surface area contributed by atoms with Gasteiger partial charge in [0.25, 0.3) is 0 Å². The van der Waals surface area contributed by atoms with Crippen molar-refractivity contribution >= 4 is 0 Å². The van der Waals surface area contributed by atoms with Crippen LogP contribution in [0, 0.1) is 20.8 Å². The Bertz CT molecular complexity index is 913. The fraction of sp³-hybridized carbons (Fsp3) is 0.235. The van der Waals surface area contributed by atoms with Crippen LogP contribution in [0.25, 0.3) is 0 Å². The van der Waals surface area contributed by atoms with Crippen LogP contribution in [0.5, 0.6) is 0 Å². The first-order valence-electron chi connectivity index (χ1n) is 12.4. The summed E-state index contributed by atoms with van der Waals surface area (Å²) in [6.45, 7) is 15.7. The van der Waals surface area contributed by atoms with Gasteiger partial charge in [0.15, 0.2) is 0 Å². The SMILES string of the molecule is CCc1c[c-](CC)c2c1CCCC2.[CH2-]c1ccccc1.[CH2-]c1ccccc1.[CH2-]c1ccccc1.[Ti+4]. The second-order valence-electron chi connectivity index (χ2n) is 8.52. The maximum absolute atomic E-state index is 3.72. The van der Waals surface area contributed by atoms with Crippen molar-refractivity contribution in [2.75, 3.05) is 0 Å². The summed E-state index contributed by atoms with van der Waals surface area (Å²) < 4.78 is 0. The molecule has 5 rings (SSSR count). The molecule has 0 N–H and O–H groups in total. The van der Waals surface area contributed by atoms with Crippen LogP contribution >= 0.6 is 0 Å². The Morgan fingerprint density at radius 2 is 1.03 bits per heavy atom. The fourth-order valence-electron chi connectivity index (χ4n) is 4.06. The van der Waals surface area contributed by atoms with E-state index in [0.29, 0.717) is 0 Å². The molecule has 0 spiro atoms. The zero-order valence-electron chi connectivity index (χ0n) is 21.6. The third-order valence-electron chi connectivity index (χ3n) is 5.88. The Balaban J connectivity index is 0.000000243. The number of benzene rings is 3. The van der Waals surface area contributed by atoms with Crippen molar-refractivity contribution in [1.29, 1.82) is 0 Å². The molecule has 4 aromatic rings. The third-order valence-corrected chi connectivity index (χ3v) is 5.88. The molecule has 1 aliphatic carbocycles. The number of aryl methyl sites for hydroxylation is 2. The van der Waals surface area contributed by atoms with Crippen LogP contribution in [-0.2, 0) is 47.4 Å². The van der Waals surface area contributed by atoms with Crippen LogP contribution in [0.4, 0.5) is 0 Å². The van der Waals surface area contributed by atoms with Gasteiger partial charge in [-0.25, -0.2) is 0 Å². The van der Waals surface area contributed by atoms with Gasteiger partial charge < -0.3 is 0 Å². The summed E-state index contributed by atoms with van der Waals surface area (Å²) in [5, 5.41) is 0. The van der Waals surface area contributed by atoms with E-state index < -0.39 is 0 Å². The number of hydrogen-bond donors (Lipinski definition) is 0. The van der Waals surface area contributed by atoms with Crippen LogP contribution in [0.1, 0.15) is 65.6 Å². The van der Waals surface area contributed by atoms with Crippen molar-refractivity contribution in [3.63, 3.8) is 0 Å². The summed E-state index contributed by atoms with van der Waals surface area (Å²) in [4.78, 5) is 0. The first kappa shape index (κ1) is 30.4. The van der Waals surface area contributed by atoms with E-state index in [-0.39, 0.29) is 21.7 Å². The monoisotopic (exact) mass is 496 g/mol. The van der Waals surface area contributed by atoms with Gasteiger partial charge in [0.2, 0.25) is 0 Å². The Kier molecular flexibility index (Phi) is 15.4. The zero-order chi connectivity index (χ0) is 24.6. The van der Waals surface area contributed by atoms with Crippen LogP contribution in [0.2, 0.25) is 0 Å². The zero-order valence-corrected chi connectivity index (χ0v) is 23.2. The summed E-state index contributed by atoms with van der Waals surface area (Å²) in [7, 11) is 0. The Morgan fingerprint density at radius 1 is 0.629 bits per heavy atom. The predicted molar refractivity (Wildman–Crippen MR) is 150 cm³/mol. The quantitative estimate of drug-likeness (QED) is 0.192. The normalized spacial score (nSPS) is 11.0. The minimum absolute atomic E-state index is 0. The summed E-state index contributed by atoms with van der Waals surface area (Å²) in [6, 6.07) is 32.1. The van der Waals surface area contributed by atoms with Gasteiger partial charge in [-0.3, -0.25) is 0 Å². The molecule has 0 saturated carbocycles. The Hall–Kier alpha value is -2.67. The molecule has 0 bridgehead atoms. The van der Waals surface area contributed by atoms with E-state index in [1.54, 1.807) is 22.3 Å². The van der Waals surface area contributed by atoms with Crippen molar-refractivity contribution in [2.24, 2.45) is 0 Å². The molecule has 1 aliphatic rings. The Labute approximate surface area is 230 Å². The van der Waals surface area contributed by atoms with Crippen LogP contribution in [0.3, 0.4) is 0 Å². The molecule has 0 heterocycles. The molecule has 0 aliphatic heterocycles. The molecule has 0 saturated heterocycles. The van der Waals surface area contributed by atoms with Crippen LogP contribution in [-0.4, -0.2) is 0 Å². The molecule has 180 valence electrons. The number of rotatable bonds is 2. The number of hydrogen-bond acceptors (Lipinski definition) is 0. The second kappa shape index (κ2) is 17.7. The molecule has 35 heavy (non-hydrogen) atoms. The maximum Gasteiger partial charge on any atom is 4.00 e. The van der Waals surface area contributed by atoms with Gasteiger partial charge in [-0.15, -0.1) is 36.4 Å². The average molecular weight is 497 g/mol. The van der Waals surface area contributed by atoms with Gasteiger partial charge in [-0.2, -0.15) is 102 Å². The minimum Gasteiger partial charge on any atom is -0.199 e. The van der Waals surface area contributed by atoms with E-state index in [1.165, 1.54) is 38.5 Å². The average Bonchev–Trinajstić information content (AvgIpc) is 3.25. The molecule has 0 unspecified atom stereocenters. The molecular weight excluding hydrogens is 456 g/mol. The maximum atomic E-state index is 3.72. The van der Waals surface area contributed by atoms with E-state index in [0.717, 1.165) is 16.7 Å². The van der Waals surface area contributed by atoms with Gasteiger partial charge in [0, 0.05) is 0 Å². The van der Waals surface area contributed by atoms with Crippen molar-refractivity contribution < 1.29 is 21.7 Å². The molecule has 4 aromatic carbocycles. The summed E-state index contributed by atoms with van der Waals surface area (Å²) in [6.07, 6.45) is 7.96. The molecule has 0 atom stereocenters. The van der Waals surface area contributed by atoms with E-state index in [2.05, 4.69) is 40.7 Å². The summed E-state index contributed by atoms with van der Waals surface area (Å²) >= 11 is 0. The first-order chi connectivity index (χ1) is 16.5. The summed E-state index contributed by atoms with van der Waals surface area (Å²) in [5.41, 5.74) is 9.90. The standard InChI is InChI=1S/C13H19.3C7H7.Ti/c1-3-10-9-11(4-2)13-8-6-5-7-12(10)13;3*1-7-5-3-2-4-6-7;/h9H,3-8H2,1-2H3;3*2-6H,1H2;/q4*-1;+4.